The number of carbonyl (C=O) groups excluding carboxylic acids is 1. The summed E-state index contributed by atoms with van der Waals surface area (Å²) >= 11 is 9.84. The Bertz CT molecular complexity index is 947. The maximum Gasteiger partial charge on any atom is 0.384 e. The van der Waals surface area contributed by atoms with Crippen molar-refractivity contribution >= 4 is 29.2 Å². The molecule has 0 radical (unpaired) electrons. The number of hydrogen-bond acceptors (Lipinski definition) is 2. The van der Waals surface area contributed by atoms with Crippen molar-refractivity contribution in [1.82, 2.24) is 0 Å². The Hall–Kier alpha value is -1.90. The third kappa shape index (κ3) is 2.60. The van der Waals surface area contributed by atoms with E-state index in [1.54, 1.807) is 0 Å². The molecule has 1 aromatic carbocycles. The number of hydrogen-bond donors (Lipinski definition) is 0. The summed E-state index contributed by atoms with van der Waals surface area (Å²) in [5.74, 6) is -49.1. The molecule has 0 aliphatic heterocycles. The first-order valence-electron chi connectivity index (χ1n) is 7.39. The van der Waals surface area contributed by atoms with Gasteiger partial charge in [-0.15, -0.1) is 0 Å². The van der Waals surface area contributed by atoms with E-state index in [1.807, 2.05) is 0 Å². The van der Waals surface area contributed by atoms with E-state index in [9.17, 15) is 61.9 Å². The van der Waals surface area contributed by atoms with E-state index in [0.717, 1.165) is 0 Å². The first kappa shape index (κ1) is 26.4. The third-order valence-corrected chi connectivity index (χ3v) is 5.11. The minimum absolute atomic E-state index is 0.403. The van der Waals surface area contributed by atoms with Crippen LogP contribution in [-0.2, 0) is 15.1 Å². The van der Waals surface area contributed by atoms with Gasteiger partial charge in [-0.2, -0.15) is 43.9 Å². The van der Waals surface area contributed by atoms with Gasteiger partial charge in [0.05, 0.1) is 5.56 Å². The van der Waals surface area contributed by atoms with Gasteiger partial charge in [-0.25, -0.2) is 18.0 Å². The largest absolute Gasteiger partial charge is 0.437 e. The second-order valence-corrected chi connectivity index (χ2v) is 6.88. The normalized spacial score (nSPS) is 24.0. The quantitative estimate of drug-likeness (QED) is 0.145. The Morgan fingerprint density at radius 2 is 1.00 bits per heavy atom. The predicted molar refractivity (Wildman–Crippen MR) is 79.0 cm³/mol. The molecule has 1 fully saturated rings. The highest BCUT2D eigenvalue weighted by Crippen LogP contribution is 2.72. The average Bonchev–Trinajstić information content (AvgIpc) is 2.68. The zero-order valence-electron chi connectivity index (χ0n) is 14.3. The molecule has 0 saturated heterocycles. The van der Waals surface area contributed by atoms with Crippen molar-refractivity contribution in [3.05, 3.63) is 45.7 Å². The summed E-state index contributed by atoms with van der Waals surface area (Å²) in [4.78, 5) is 11.4. The summed E-state index contributed by atoms with van der Waals surface area (Å²) in [6.07, 6.45) is -0.403. The number of benzene rings is 1. The van der Waals surface area contributed by atoms with Gasteiger partial charge in [0, 0.05) is 6.08 Å². The van der Waals surface area contributed by atoms with Crippen molar-refractivity contribution in [2.75, 3.05) is 0 Å². The molecular weight excluding hydrogens is 530 g/mol. The van der Waals surface area contributed by atoms with E-state index >= 15 is 0 Å². The van der Waals surface area contributed by atoms with E-state index in [-0.39, 0.29) is 0 Å². The summed E-state index contributed by atoms with van der Waals surface area (Å²) < 4.78 is 187. The Morgan fingerprint density at radius 1 is 0.688 bits per heavy atom. The second kappa shape index (κ2) is 7.05. The molecular formula is C15H3Cl2F13O2. The molecule has 1 saturated carbocycles. The van der Waals surface area contributed by atoms with Crippen molar-refractivity contribution in [1.29, 1.82) is 0 Å². The molecule has 0 heterocycles. The molecule has 0 atom stereocenters. The maximum absolute atomic E-state index is 14.7. The van der Waals surface area contributed by atoms with Gasteiger partial charge in [0.15, 0.2) is 17.5 Å². The number of alkyl halides is 10. The Kier molecular flexibility index (Phi) is 5.80. The fourth-order valence-electron chi connectivity index (χ4n) is 2.83. The van der Waals surface area contributed by atoms with Gasteiger partial charge in [0.2, 0.25) is 0 Å². The van der Waals surface area contributed by atoms with Crippen molar-refractivity contribution < 1.29 is 66.6 Å². The van der Waals surface area contributed by atoms with Crippen LogP contribution >= 0.6 is 23.2 Å². The molecule has 180 valence electrons. The van der Waals surface area contributed by atoms with Gasteiger partial charge in [-0.1, -0.05) is 29.8 Å². The summed E-state index contributed by atoms with van der Waals surface area (Å²) in [5.41, 5.74) is -10.0. The molecule has 1 aliphatic rings. The highest BCUT2D eigenvalue weighted by atomic mass is 35.5. The second-order valence-electron chi connectivity index (χ2n) is 6.12. The van der Waals surface area contributed by atoms with Crippen molar-refractivity contribution in [3.8, 4) is 0 Å². The number of halogens is 15. The molecule has 32 heavy (non-hydrogen) atoms. The molecule has 0 spiro atoms. The third-order valence-electron chi connectivity index (χ3n) is 4.44. The highest BCUT2D eigenvalue weighted by Gasteiger charge is 3.02. The number of carbonyl (C=O) groups is 1. The summed E-state index contributed by atoms with van der Waals surface area (Å²) in [5, 5.41) is -4.59. The average molecular weight is 533 g/mol. The number of rotatable bonds is 3. The number of ether oxygens (including phenoxy) is 1. The van der Waals surface area contributed by atoms with E-state index < -0.39 is 80.3 Å². The van der Waals surface area contributed by atoms with E-state index in [1.165, 1.54) is 0 Å². The first-order valence-corrected chi connectivity index (χ1v) is 8.15. The topological polar surface area (TPSA) is 26.3 Å². The van der Waals surface area contributed by atoms with Crippen molar-refractivity contribution in [3.63, 3.8) is 0 Å². The van der Waals surface area contributed by atoms with Crippen molar-refractivity contribution in [2.24, 2.45) is 0 Å². The zero-order valence-corrected chi connectivity index (χ0v) is 15.8. The maximum atomic E-state index is 14.7. The van der Waals surface area contributed by atoms with Gasteiger partial charge in [-0.3, -0.25) is 0 Å². The summed E-state index contributed by atoms with van der Waals surface area (Å²) in [7, 11) is 0. The molecule has 17 heteroatoms. The SMILES string of the molecule is C=CC(=O)OC1(c2c(F)c(Cl)c(F)c(Cl)c2F)C(F)(F)C(F)(F)C(F)(F)C(F)(F)C1(F)F. The molecule has 1 aromatic rings. The summed E-state index contributed by atoms with van der Waals surface area (Å²) in [6.45, 7) is 2.45. The molecule has 0 amide bonds. The molecule has 2 nitrogen and oxygen atoms in total. The minimum atomic E-state index is -7.59. The van der Waals surface area contributed by atoms with Crippen LogP contribution in [0.25, 0.3) is 0 Å². The standard InChI is InChI=1S/C15H3Cl2F13O2/c1-2-3(31)32-10(4-7(18)5(16)9(20)6(17)8(4)19)11(21,22)13(25,26)15(29,30)14(27,28)12(10,23)24/h2H,1H2. The molecule has 0 aromatic heterocycles. The predicted octanol–water partition coefficient (Wildman–Crippen LogP) is 6.53. The van der Waals surface area contributed by atoms with Gasteiger partial charge in [0.25, 0.3) is 5.60 Å². The highest BCUT2D eigenvalue weighted by molar-refractivity contribution is 6.35. The fraction of sp³-hybridized carbons (Fsp3) is 0.400. The molecule has 0 N–H and O–H groups in total. The van der Waals surface area contributed by atoms with E-state index in [0.29, 0.717) is 0 Å². The Balaban J connectivity index is 3.30. The van der Waals surface area contributed by atoms with Crippen LogP contribution < -0.4 is 0 Å². The van der Waals surface area contributed by atoms with Crippen LogP contribution in [0, 0.1) is 17.5 Å². The lowest BCUT2D eigenvalue weighted by atomic mass is 9.67. The lowest BCUT2D eigenvalue weighted by Gasteiger charge is -2.55. The van der Waals surface area contributed by atoms with Crippen LogP contribution in [0.15, 0.2) is 12.7 Å². The zero-order chi connectivity index (χ0) is 25.5. The minimum Gasteiger partial charge on any atom is -0.437 e. The first-order chi connectivity index (χ1) is 14.1. The van der Waals surface area contributed by atoms with Gasteiger partial charge in [0.1, 0.15) is 10.0 Å². The van der Waals surface area contributed by atoms with Gasteiger partial charge in [-0.05, 0) is 0 Å². The van der Waals surface area contributed by atoms with Crippen LogP contribution in [0.4, 0.5) is 57.1 Å². The smallest absolute Gasteiger partial charge is 0.384 e. The molecule has 0 unspecified atom stereocenters. The number of esters is 1. The Morgan fingerprint density at radius 3 is 1.31 bits per heavy atom. The summed E-state index contributed by atoms with van der Waals surface area (Å²) in [6, 6.07) is 0. The van der Waals surface area contributed by atoms with Crippen LogP contribution in [0.3, 0.4) is 0 Å². The lowest BCUT2D eigenvalue weighted by molar-refractivity contribution is -0.500. The van der Waals surface area contributed by atoms with Crippen LogP contribution in [-0.4, -0.2) is 35.6 Å². The Labute approximate surface area is 177 Å². The van der Waals surface area contributed by atoms with Gasteiger partial charge < -0.3 is 4.74 Å². The van der Waals surface area contributed by atoms with E-state index in [4.69, 9.17) is 23.2 Å². The van der Waals surface area contributed by atoms with Gasteiger partial charge >= 0.3 is 35.6 Å². The lowest BCUT2D eigenvalue weighted by Crippen LogP contribution is -2.84. The monoisotopic (exact) mass is 532 g/mol. The molecule has 1 aliphatic carbocycles. The molecule has 0 bridgehead atoms. The van der Waals surface area contributed by atoms with Crippen molar-refractivity contribution in [2.45, 2.75) is 35.2 Å². The fourth-order valence-corrected chi connectivity index (χ4v) is 3.26. The van der Waals surface area contributed by atoms with E-state index in [2.05, 4.69) is 11.3 Å². The van der Waals surface area contributed by atoms with Crippen LogP contribution in [0.2, 0.25) is 10.0 Å². The van der Waals surface area contributed by atoms with Crippen LogP contribution in [0.1, 0.15) is 5.56 Å². The molecule has 2 rings (SSSR count). The van der Waals surface area contributed by atoms with Crippen LogP contribution in [0.5, 0.6) is 0 Å².